The normalized spacial score (nSPS) is 32.7. The Morgan fingerprint density at radius 1 is 1.04 bits per heavy atom. The molecule has 2 fully saturated rings. The van der Waals surface area contributed by atoms with E-state index in [0.29, 0.717) is 5.56 Å². The lowest BCUT2D eigenvalue weighted by atomic mass is 9.63. The average Bonchev–Trinajstić information content (AvgIpc) is 3.19. The fourth-order valence-electron chi connectivity index (χ4n) is 5.03. The van der Waals surface area contributed by atoms with E-state index in [1.165, 1.54) is 4.88 Å². The van der Waals surface area contributed by atoms with Crippen LogP contribution in [-0.4, -0.2) is 22.7 Å². The van der Waals surface area contributed by atoms with Crippen molar-refractivity contribution in [3.63, 3.8) is 0 Å². The number of hydrogen-bond donors (Lipinski definition) is 1. The van der Waals surface area contributed by atoms with Gasteiger partial charge in [-0.15, -0.1) is 11.3 Å². The summed E-state index contributed by atoms with van der Waals surface area (Å²) in [6, 6.07) is 0. The highest BCUT2D eigenvalue weighted by molar-refractivity contribution is 7.10. The molecule has 0 radical (unpaired) electrons. The summed E-state index contributed by atoms with van der Waals surface area (Å²) >= 11 is 1.61. The molecule has 130 valence electrons. The number of rotatable bonds is 2. The zero-order valence-corrected chi connectivity index (χ0v) is 14.7. The number of imide groups is 1. The van der Waals surface area contributed by atoms with E-state index >= 15 is 0 Å². The van der Waals surface area contributed by atoms with Crippen molar-refractivity contribution < 1.29 is 14.4 Å². The molecular weight excluding hydrogens is 336 g/mol. The van der Waals surface area contributed by atoms with Gasteiger partial charge >= 0.3 is 0 Å². The van der Waals surface area contributed by atoms with Crippen LogP contribution in [0.5, 0.6) is 0 Å². The molecule has 25 heavy (non-hydrogen) atoms. The first-order valence-electron chi connectivity index (χ1n) is 9.11. The number of nitrogens with one attached hydrogen (secondary N) is 1. The zero-order valence-electron chi connectivity index (χ0n) is 13.9. The molecule has 1 N–H and O–H groups in total. The molecule has 4 aliphatic carbocycles. The second kappa shape index (κ2) is 5.53. The number of thiophene rings is 1. The second-order valence-corrected chi connectivity index (χ2v) is 8.52. The van der Waals surface area contributed by atoms with Crippen LogP contribution in [0.15, 0.2) is 17.5 Å². The minimum Gasteiger partial charge on any atom is -0.272 e. The number of carbonyl (C=O) groups is 3. The molecular formula is C19H20N2O3S. The standard InChI is InChI=1S/C19H20N2O3S/c22-17(13-9-25-14-4-2-1-3-12(13)14)20-21-18(23)15-10-5-6-11(8-7-10)16(15)19(21)24/h5-6,9-11,15-16H,1-4,7-8H2,(H,20,22)/t10-,11-,15-,16+/m0/s1. The molecule has 5 nitrogen and oxygen atoms in total. The van der Waals surface area contributed by atoms with Crippen LogP contribution in [0.1, 0.15) is 46.5 Å². The minimum absolute atomic E-state index is 0.141. The van der Waals surface area contributed by atoms with Gasteiger partial charge in [0.05, 0.1) is 17.4 Å². The Balaban J connectivity index is 1.40. The van der Waals surface area contributed by atoms with Gasteiger partial charge in [0.2, 0.25) is 0 Å². The molecule has 2 heterocycles. The van der Waals surface area contributed by atoms with Gasteiger partial charge in [0.1, 0.15) is 0 Å². The quantitative estimate of drug-likeness (QED) is 0.654. The molecule has 0 spiro atoms. The Bertz CT molecular complexity index is 780. The van der Waals surface area contributed by atoms with Gasteiger partial charge in [-0.05, 0) is 55.9 Å². The summed E-state index contributed by atoms with van der Waals surface area (Å²) in [6.07, 6.45) is 10.3. The summed E-state index contributed by atoms with van der Waals surface area (Å²) in [5.41, 5.74) is 4.37. The number of fused-ring (bicyclic) bond motifs is 2. The summed E-state index contributed by atoms with van der Waals surface area (Å²) in [4.78, 5) is 39.6. The molecule has 2 bridgehead atoms. The molecule has 1 saturated carbocycles. The lowest BCUT2D eigenvalue weighted by molar-refractivity contribution is -0.143. The fraction of sp³-hybridized carbons (Fsp3) is 0.526. The lowest BCUT2D eigenvalue weighted by Gasteiger charge is -2.37. The van der Waals surface area contributed by atoms with E-state index in [-0.39, 0.29) is 41.4 Å². The predicted octanol–water partition coefficient (Wildman–Crippen LogP) is 2.47. The first-order chi connectivity index (χ1) is 12.1. The maximum atomic E-state index is 12.8. The number of carbonyl (C=O) groups excluding carboxylic acids is 3. The largest absolute Gasteiger partial charge is 0.272 e. The summed E-state index contributed by atoms with van der Waals surface area (Å²) < 4.78 is 0. The summed E-state index contributed by atoms with van der Waals surface area (Å²) in [5.74, 6) is -1.07. The summed E-state index contributed by atoms with van der Waals surface area (Å²) in [6.45, 7) is 0. The van der Waals surface area contributed by atoms with Gasteiger partial charge in [-0.2, -0.15) is 5.01 Å². The Morgan fingerprint density at radius 2 is 1.68 bits per heavy atom. The smallest absolute Gasteiger partial charge is 0.271 e. The topological polar surface area (TPSA) is 66.5 Å². The van der Waals surface area contributed by atoms with E-state index in [0.717, 1.165) is 49.1 Å². The molecule has 6 rings (SSSR count). The van der Waals surface area contributed by atoms with E-state index in [9.17, 15) is 14.4 Å². The number of aryl methyl sites for hydroxylation is 1. The molecule has 6 heteroatoms. The van der Waals surface area contributed by atoms with E-state index in [4.69, 9.17) is 0 Å². The van der Waals surface area contributed by atoms with Crippen LogP contribution >= 0.6 is 11.3 Å². The summed E-state index contributed by atoms with van der Waals surface area (Å²) in [5, 5.41) is 2.89. The molecule has 0 unspecified atom stereocenters. The van der Waals surface area contributed by atoms with Gasteiger partial charge in [-0.1, -0.05) is 12.2 Å². The average molecular weight is 356 g/mol. The third kappa shape index (κ3) is 2.16. The van der Waals surface area contributed by atoms with Gasteiger partial charge < -0.3 is 0 Å². The van der Waals surface area contributed by atoms with Crippen molar-refractivity contribution in [2.75, 3.05) is 0 Å². The van der Waals surface area contributed by atoms with Crippen LogP contribution in [-0.2, 0) is 22.4 Å². The van der Waals surface area contributed by atoms with Crippen molar-refractivity contribution in [3.05, 3.63) is 33.5 Å². The number of amides is 3. The van der Waals surface area contributed by atoms with Crippen LogP contribution in [0.4, 0.5) is 0 Å². The van der Waals surface area contributed by atoms with Crippen molar-refractivity contribution >= 4 is 29.1 Å². The maximum Gasteiger partial charge on any atom is 0.271 e. The van der Waals surface area contributed by atoms with Crippen molar-refractivity contribution in [1.82, 2.24) is 10.4 Å². The van der Waals surface area contributed by atoms with Crippen molar-refractivity contribution in [1.29, 1.82) is 0 Å². The van der Waals surface area contributed by atoms with Gasteiger partial charge in [0.25, 0.3) is 17.7 Å². The van der Waals surface area contributed by atoms with Crippen LogP contribution in [0.2, 0.25) is 0 Å². The third-order valence-corrected chi connectivity index (χ3v) is 7.37. The van der Waals surface area contributed by atoms with E-state index in [1.807, 2.05) is 5.38 Å². The minimum atomic E-state index is -0.319. The molecule has 1 aromatic heterocycles. The number of hydrogen-bond acceptors (Lipinski definition) is 4. The second-order valence-electron chi connectivity index (χ2n) is 7.55. The van der Waals surface area contributed by atoms with Crippen LogP contribution < -0.4 is 5.43 Å². The molecule has 1 aliphatic heterocycles. The van der Waals surface area contributed by atoms with Gasteiger partial charge in [-0.25, -0.2) is 0 Å². The first kappa shape index (κ1) is 15.3. The molecule has 3 amide bonds. The molecule has 5 aliphatic rings. The van der Waals surface area contributed by atoms with Gasteiger partial charge in [0.15, 0.2) is 0 Å². The Labute approximate surface area is 150 Å². The molecule has 0 aromatic carbocycles. The highest BCUT2D eigenvalue weighted by atomic mass is 32.1. The maximum absolute atomic E-state index is 12.8. The molecule has 1 saturated heterocycles. The molecule has 4 atom stereocenters. The lowest BCUT2D eigenvalue weighted by Crippen LogP contribution is -2.47. The highest BCUT2D eigenvalue weighted by Crippen LogP contribution is 2.49. The van der Waals surface area contributed by atoms with Gasteiger partial charge in [0, 0.05) is 10.3 Å². The Kier molecular flexibility index (Phi) is 3.39. The number of hydrazine groups is 1. The zero-order chi connectivity index (χ0) is 17.1. The Morgan fingerprint density at radius 3 is 2.32 bits per heavy atom. The molecule has 1 aromatic rings. The van der Waals surface area contributed by atoms with E-state index in [1.54, 1.807) is 11.3 Å². The van der Waals surface area contributed by atoms with Crippen LogP contribution in [0.25, 0.3) is 0 Å². The van der Waals surface area contributed by atoms with Crippen molar-refractivity contribution in [2.24, 2.45) is 23.7 Å². The van der Waals surface area contributed by atoms with E-state index < -0.39 is 0 Å². The van der Waals surface area contributed by atoms with Crippen LogP contribution in [0.3, 0.4) is 0 Å². The predicted molar refractivity (Wildman–Crippen MR) is 92.6 cm³/mol. The fourth-order valence-corrected chi connectivity index (χ4v) is 6.16. The number of allylic oxidation sites excluding steroid dienone is 2. The highest BCUT2D eigenvalue weighted by Gasteiger charge is 2.57. The van der Waals surface area contributed by atoms with Crippen molar-refractivity contribution in [3.8, 4) is 0 Å². The van der Waals surface area contributed by atoms with Crippen molar-refractivity contribution in [2.45, 2.75) is 38.5 Å². The SMILES string of the molecule is O=C(NN1C(=O)[C@@H]2[C@H](C1=O)[C@H]1C=C[C@H]2CC1)c1csc2c1CCCC2. The summed E-state index contributed by atoms with van der Waals surface area (Å²) in [7, 11) is 0. The van der Waals surface area contributed by atoms with Gasteiger partial charge in [-0.3, -0.25) is 19.8 Å². The first-order valence-corrected chi connectivity index (χ1v) is 9.99. The Hall–Kier alpha value is -1.95. The monoisotopic (exact) mass is 356 g/mol. The number of nitrogens with zero attached hydrogens (tertiary/aromatic N) is 1. The van der Waals surface area contributed by atoms with Crippen LogP contribution in [0, 0.1) is 23.7 Å². The third-order valence-electron chi connectivity index (χ3n) is 6.28. The van der Waals surface area contributed by atoms with E-state index in [2.05, 4.69) is 17.6 Å².